The Morgan fingerprint density at radius 3 is 2.47 bits per heavy atom. The molecule has 0 radical (unpaired) electrons. The van der Waals surface area contributed by atoms with Crippen molar-refractivity contribution >= 4 is 12.0 Å². The molecule has 94 valence electrons. The molecular weight excluding hydrogens is 220 g/mol. The zero-order valence-corrected chi connectivity index (χ0v) is 10.1. The van der Waals surface area contributed by atoms with Crippen LogP contribution in [0.3, 0.4) is 0 Å². The molecule has 0 saturated heterocycles. The molecule has 0 aromatic carbocycles. The zero-order chi connectivity index (χ0) is 12.8. The van der Waals surface area contributed by atoms with Crippen molar-refractivity contribution in [3.63, 3.8) is 0 Å². The van der Waals surface area contributed by atoms with Crippen LogP contribution in [0.15, 0.2) is 0 Å². The average Bonchev–Trinajstić information content (AvgIpc) is 3.07. The molecule has 0 aliphatic heterocycles. The largest absolute Gasteiger partial charge is 0.480 e. The van der Waals surface area contributed by atoms with Crippen LogP contribution in [0.5, 0.6) is 0 Å². The van der Waals surface area contributed by atoms with Gasteiger partial charge in [0.1, 0.15) is 6.54 Å². The second kappa shape index (κ2) is 6.14. The van der Waals surface area contributed by atoms with E-state index in [0.717, 1.165) is 12.8 Å². The van der Waals surface area contributed by atoms with Gasteiger partial charge in [-0.25, -0.2) is 4.79 Å². The summed E-state index contributed by atoms with van der Waals surface area (Å²) < 4.78 is 0. The molecule has 0 atom stereocenters. The Kier molecular flexibility index (Phi) is 4.83. The van der Waals surface area contributed by atoms with Gasteiger partial charge in [-0.2, -0.15) is 0 Å². The quantitative estimate of drug-likeness (QED) is 0.698. The lowest BCUT2D eigenvalue weighted by Gasteiger charge is -2.27. The number of urea groups is 1. The van der Waals surface area contributed by atoms with Gasteiger partial charge in [0, 0.05) is 13.1 Å². The minimum Gasteiger partial charge on any atom is -0.480 e. The van der Waals surface area contributed by atoms with Crippen molar-refractivity contribution in [2.75, 3.05) is 26.2 Å². The molecule has 0 heterocycles. The minimum atomic E-state index is -1.05. The van der Waals surface area contributed by atoms with Gasteiger partial charge in [-0.1, -0.05) is 5.92 Å². The summed E-state index contributed by atoms with van der Waals surface area (Å²) >= 11 is 0. The van der Waals surface area contributed by atoms with Crippen LogP contribution < -0.4 is 0 Å². The first-order valence-electron chi connectivity index (χ1n) is 5.77. The van der Waals surface area contributed by atoms with Crippen molar-refractivity contribution in [3.8, 4) is 12.3 Å². The Bertz CT molecular complexity index is 331. The van der Waals surface area contributed by atoms with Gasteiger partial charge < -0.3 is 14.9 Å². The second-order valence-corrected chi connectivity index (χ2v) is 4.22. The van der Waals surface area contributed by atoms with Gasteiger partial charge in [-0.05, 0) is 25.7 Å². The summed E-state index contributed by atoms with van der Waals surface area (Å²) in [6, 6.07) is -0.278. The number of carbonyl (C=O) groups excluding carboxylic acids is 1. The standard InChI is InChI=1S/C12H18N2O3/c1-3-7-14(9-11(15)16)12(17)13(4-2)8-10-5-6-10/h1,10H,4-9H2,2H3,(H,15,16). The van der Waals surface area contributed by atoms with Crippen molar-refractivity contribution in [1.82, 2.24) is 9.80 Å². The van der Waals surface area contributed by atoms with Gasteiger partial charge in [0.25, 0.3) is 0 Å². The first-order chi connectivity index (χ1) is 8.08. The average molecular weight is 238 g/mol. The molecule has 0 spiro atoms. The van der Waals surface area contributed by atoms with Gasteiger partial charge >= 0.3 is 12.0 Å². The minimum absolute atomic E-state index is 0.0340. The molecule has 17 heavy (non-hydrogen) atoms. The number of carbonyl (C=O) groups is 2. The van der Waals surface area contributed by atoms with Gasteiger partial charge in [0.2, 0.25) is 0 Å². The van der Waals surface area contributed by atoms with Gasteiger partial charge in [0.15, 0.2) is 0 Å². The van der Waals surface area contributed by atoms with Crippen LogP contribution in [-0.2, 0) is 4.79 Å². The van der Waals surface area contributed by atoms with Crippen LogP contribution >= 0.6 is 0 Å². The van der Waals surface area contributed by atoms with Crippen molar-refractivity contribution in [3.05, 3.63) is 0 Å². The van der Waals surface area contributed by atoms with Crippen LogP contribution in [0, 0.1) is 18.3 Å². The van der Waals surface area contributed by atoms with E-state index in [9.17, 15) is 9.59 Å². The van der Waals surface area contributed by atoms with Gasteiger partial charge in [0.05, 0.1) is 6.54 Å². The number of amides is 2. The number of nitrogens with zero attached hydrogens (tertiary/aromatic N) is 2. The predicted octanol–water partition coefficient (Wildman–Crippen LogP) is 0.858. The highest BCUT2D eigenvalue weighted by atomic mass is 16.4. The summed E-state index contributed by atoms with van der Waals surface area (Å²) in [6.07, 6.45) is 7.44. The van der Waals surface area contributed by atoms with Crippen molar-refractivity contribution in [2.45, 2.75) is 19.8 Å². The summed E-state index contributed by atoms with van der Waals surface area (Å²) in [5.74, 6) is 1.85. The molecular formula is C12H18N2O3. The molecule has 5 heteroatoms. The van der Waals surface area contributed by atoms with Gasteiger partial charge in [-0.3, -0.25) is 4.79 Å². The maximum Gasteiger partial charge on any atom is 0.323 e. The maximum atomic E-state index is 12.1. The molecule has 1 N–H and O–H groups in total. The van der Waals surface area contributed by atoms with E-state index in [1.54, 1.807) is 4.90 Å². The molecule has 0 aromatic heterocycles. The van der Waals surface area contributed by atoms with Crippen molar-refractivity contribution in [1.29, 1.82) is 0 Å². The van der Waals surface area contributed by atoms with Crippen LogP contribution in [0.1, 0.15) is 19.8 Å². The van der Waals surface area contributed by atoms with Crippen LogP contribution in [0.25, 0.3) is 0 Å². The molecule has 0 aromatic rings. The Labute approximate surface area is 101 Å². The molecule has 1 aliphatic rings. The highest BCUT2D eigenvalue weighted by Crippen LogP contribution is 2.29. The third kappa shape index (κ3) is 4.35. The topological polar surface area (TPSA) is 60.9 Å². The molecule has 2 amide bonds. The summed E-state index contributed by atoms with van der Waals surface area (Å²) in [4.78, 5) is 25.6. The molecule has 5 nitrogen and oxygen atoms in total. The summed E-state index contributed by atoms with van der Waals surface area (Å²) in [6.45, 7) is 2.86. The third-order valence-corrected chi connectivity index (χ3v) is 2.71. The summed E-state index contributed by atoms with van der Waals surface area (Å²) in [5, 5.41) is 8.73. The molecule has 1 aliphatic carbocycles. The summed E-state index contributed by atoms with van der Waals surface area (Å²) in [5.41, 5.74) is 0. The van der Waals surface area contributed by atoms with E-state index >= 15 is 0 Å². The number of aliphatic carboxylic acids is 1. The Balaban J connectivity index is 2.59. The Morgan fingerprint density at radius 2 is 2.06 bits per heavy atom. The van der Waals surface area contributed by atoms with E-state index in [0.29, 0.717) is 19.0 Å². The number of rotatable bonds is 6. The molecule has 0 unspecified atom stereocenters. The fourth-order valence-corrected chi connectivity index (χ4v) is 1.62. The van der Waals surface area contributed by atoms with E-state index < -0.39 is 5.97 Å². The number of hydrogen-bond acceptors (Lipinski definition) is 2. The Hall–Kier alpha value is -1.70. The third-order valence-electron chi connectivity index (χ3n) is 2.71. The molecule has 1 fully saturated rings. The van der Waals surface area contributed by atoms with E-state index in [2.05, 4.69) is 5.92 Å². The lowest BCUT2D eigenvalue weighted by atomic mass is 10.3. The smallest absolute Gasteiger partial charge is 0.323 e. The van der Waals surface area contributed by atoms with E-state index in [1.807, 2.05) is 6.92 Å². The maximum absolute atomic E-state index is 12.1. The predicted molar refractivity (Wildman–Crippen MR) is 63.4 cm³/mol. The van der Waals surface area contributed by atoms with E-state index in [-0.39, 0.29) is 19.1 Å². The highest BCUT2D eigenvalue weighted by molar-refractivity contribution is 5.80. The fraction of sp³-hybridized carbons (Fsp3) is 0.667. The Morgan fingerprint density at radius 1 is 1.41 bits per heavy atom. The summed E-state index contributed by atoms with van der Waals surface area (Å²) in [7, 11) is 0. The fourth-order valence-electron chi connectivity index (χ4n) is 1.62. The number of carboxylic acids is 1. The highest BCUT2D eigenvalue weighted by Gasteiger charge is 2.28. The first-order valence-corrected chi connectivity index (χ1v) is 5.77. The number of terminal acetylenes is 1. The van der Waals surface area contributed by atoms with Crippen molar-refractivity contribution < 1.29 is 14.7 Å². The SMILES string of the molecule is C#CCN(CC(=O)O)C(=O)N(CC)CC1CC1. The normalized spacial score (nSPS) is 13.9. The zero-order valence-electron chi connectivity index (χ0n) is 10.1. The molecule has 1 saturated carbocycles. The lowest BCUT2D eigenvalue weighted by molar-refractivity contribution is -0.137. The molecule has 1 rings (SSSR count). The van der Waals surface area contributed by atoms with E-state index in [4.69, 9.17) is 11.5 Å². The monoisotopic (exact) mass is 238 g/mol. The number of hydrogen-bond donors (Lipinski definition) is 1. The van der Waals surface area contributed by atoms with Crippen molar-refractivity contribution in [2.24, 2.45) is 5.92 Å². The first kappa shape index (κ1) is 13.4. The van der Waals surface area contributed by atoms with E-state index in [1.165, 1.54) is 4.90 Å². The second-order valence-electron chi connectivity index (χ2n) is 4.22. The van der Waals surface area contributed by atoms with Gasteiger partial charge in [-0.15, -0.1) is 6.42 Å². The van der Waals surface area contributed by atoms with Crippen LogP contribution in [0.2, 0.25) is 0 Å². The van der Waals surface area contributed by atoms with Crippen LogP contribution in [0.4, 0.5) is 4.79 Å². The molecule has 0 bridgehead atoms. The number of carboxylic acid groups (broad SMARTS) is 1. The van der Waals surface area contributed by atoms with Crippen LogP contribution in [-0.4, -0.2) is 53.1 Å². The lowest BCUT2D eigenvalue weighted by Crippen LogP contribution is -2.46.